The van der Waals surface area contributed by atoms with Crippen molar-refractivity contribution in [3.05, 3.63) is 57.5 Å². The highest BCUT2D eigenvalue weighted by molar-refractivity contribution is 9.10. The zero-order chi connectivity index (χ0) is 15.6. The van der Waals surface area contributed by atoms with E-state index in [9.17, 15) is 13.2 Å². The molecule has 1 N–H and O–H groups in total. The van der Waals surface area contributed by atoms with Crippen molar-refractivity contribution in [3.8, 4) is 0 Å². The van der Waals surface area contributed by atoms with Crippen LogP contribution in [0.1, 0.15) is 10.4 Å². The van der Waals surface area contributed by atoms with E-state index >= 15 is 0 Å². The van der Waals surface area contributed by atoms with E-state index < -0.39 is 9.84 Å². The van der Waals surface area contributed by atoms with E-state index in [1.165, 1.54) is 24.3 Å². The summed E-state index contributed by atoms with van der Waals surface area (Å²) in [5.74, 6) is -0.367. The fourth-order valence-electron chi connectivity index (χ4n) is 1.66. The summed E-state index contributed by atoms with van der Waals surface area (Å²) in [6.45, 7) is 0. The van der Waals surface area contributed by atoms with Crippen molar-refractivity contribution >= 4 is 49.0 Å². The highest BCUT2D eigenvalue weighted by Gasteiger charge is 2.13. The summed E-state index contributed by atoms with van der Waals surface area (Å²) in [6, 6.07) is 11.0. The van der Waals surface area contributed by atoms with Gasteiger partial charge in [0.1, 0.15) is 0 Å². The Bertz CT molecular complexity index is 788. The maximum atomic E-state index is 12.1. The second-order valence-electron chi connectivity index (χ2n) is 4.35. The van der Waals surface area contributed by atoms with Gasteiger partial charge < -0.3 is 5.32 Å². The minimum absolute atomic E-state index is 0.195. The zero-order valence-electron chi connectivity index (χ0n) is 10.9. The van der Waals surface area contributed by atoms with Crippen LogP contribution in [0.4, 0.5) is 5.69 Å². The number of carbonyl (C=O) groups is 1. The summed E-state index contributed by atoms with van der Waals surface area (Å²) in [4.78, 5) is 12.3. The third-order valence-corrected chi connectivity index (χ3v) is 5.16. The topological polar surface area (TPSA) is 63.2 Å². The highest BCUT2D eigenvalue weighted by atomic mass is 79.9. The Morgan fingerprint density at radius 3 is 2.33 bits per heavy atom. The van der Waals surface area contributed by atoms with Crippen molar-refractivity contribution in [1.82, 2.24) is 0 Å². The molecule has 0 spiro atoms. The molecule has 0 unspecified atom stereocenters. The number of rotatable bonds is 3. The number of hydrogen-bond donors (Lipinski definition) is 1. The Morgan fingerprint density at radius 1 is 1.14 bits per heavy atom. The van der Waals surface area contributed by atoms with Gasteiger partial charge in [0, 0.05) is 16.4 Å². The van der Waals surface area contributed by atoms with Crippen LogP contribution in [0.15, 0.2) is 51.8 Å². The molecule has 2 aromatic rings. The second kappa shape index (κ2) is 6.17. The highest BCUT2D eigenvalue weighted by Crippen LogP contribution is 2.26. The van der Waals surface area contributed by atoms with Gasteiger partial charge in [0.2, 0.25) is 0 Å². The molecule has 0 radical (unpaired) electrons. The van der Waals surface area contributed by atoms with Crippen molar-refractivity contribution < 1.29 is 13.2 Å². The molecule has 1 amide bonds. The number of hydrogen-bond acceptors (Lipinski definition) is 3. The number of amides is 1. The second-order valence-corrected chi connectivity index (χ2v) is 7.60. The van der Waals surface area contributed by atoms with E-state index in [1.54, 1.807) is 18.2 Å². The lowest BCUT2D eigenvalue weighted by atomic mass is 10.2. The van der Waals surface area contributed by atoms with Crippen molar-refractivity contribution in [3.63, 3.8) is 0 Å². The van der Waals surface area contributed by atoms with Crippen molar-refractivity contribution in [2.24, 2.45) is 0 Å². The minimum atomic E-state index is -3.25. The molecule has 0 aliphatic carbocycles. The van der Waals surface area contributed by atoms with Crippen molar-refractivity contribution in [2.75, 3.05) is 11.6 Å². The average Bonchev–Trinajstić information content (AvgIpc) is 2.41. The average molecular weight is 389 g/mol. The van der Waals surface area contributed by atoms with Gasteiger partial charge in [-0.2, -0.15) is 0 Å². The Labute approximate surface area is 136 Å². The monoisotopic (exact) mass is 387 g/mol. The third kappa shape index (κ3) is 3.84. The van der Waals surface area contributed by atoms with Gasteiger partial charge in [0.15, 0.2) is 9.84 Å². The zero-order valence-corrected chi connectivity index (χ0v) is 14.1. The van der Waals surface area contributed by atoms with Gasteiger partial charge >= 0.3 is 0 Å². The van der Waals surface area contributed by atoms with Crippen LogP contribution < -0.4 is 5.32 Å². The first-order valence-corrected chi connectivity index (χ1v) is 8.91. The number of benzene rings is 2. The predicted molar refractivity (Wildman–Crippen MR) is 86.7 cm³/mol. The Morgan fingerprint density at radius 2 is 1.76 bits per heavy atom. The van der Waals surface area contributed by atoms with Crippen LogP contribution in [0, 0.1) is 0 Å². The molecule has 0 saturated carbocycles. The molecular weight excluding hydrogens is 378 g/mol. The lowest BCUT2D eigenvalue weighted by Gasteiger charge is -2.08. The maximum Gasteiger partial charge on any atom is 0.257 e. The molecule has 0 aromatic heterocycles. The van der Waals surface area contributed by atoms with Crippen LogP contribution in [0.3, 0.4) is 0 Å². The fourth-order valence-corrected chi connectivity index (χ4v) is 2.87. The minimum Gasteiger partial charge on any atom is -0.322 e. The summed E-state index contributed by atoms with van der Waals surface area (Å²) in [6.07, 6.45) is 1.13. The summed E-state index contributed by atoms with van der Waals surface area (Å²) in [5.41, 5.74) is 0.821. The number of halogens is 2. The van der Waals surface area contributed by atoms with Gasteiger partial charge in [0.05, 0.1) is 15.5 Å². The van der Waals surface area contributed by atoms with Gasteiger partial charge in [-0.3, -0.25) is 4.79 Å². The van der Waals surface area contributed by atoms with E-state index in [2.05, 4.69) is 21.2 Å². The Kier molecular flexibility index (Phi) is 4.70. The van der Waals surface area contributed by atoms with Gasteiger partial charge in [-0.1, -0.05) is 17.7 Å². The molecule has 0 heterocycles. The number of carbonyl (C=O) groups excluding carboxylic acids is 1. The largest absolute Gasteiger partial charge is 0.322 e. The molecule has 0 bridgehead atoms. The van der Waals surface area contributed by atoms with Crippen LogP contribution in [0.2, 0.25) is 5.02 Å². The number of anilines is 1. The molecule has 21 heavy (non-hydrogen) atoms. The molecule has 7 heteroatoms. The molecule has 0 atom stereocenters. The van der Waals surface area contributed by atoms with Crippen molar-refractivity contribution in [1.29, 1.82) is 0 Å². The molecular formula is C14H11BrClNO3S. The van der Waals surface area contributed by atoms with E-state index in [0.29, 0.717) is 20.7 Å². The quantitative estimate of drug-likeness (QED) is 0.871. The Balaban J connectivity index is 2.22. The maximum absolute atomic E-state index is 12.1. The normalized spacial score (nSPS) is 11.2. The SMILES string of the molecule is CS(=O)(=O)c1ccc(NC(=O)c2cccc(Br)c2Cl)cc1. The predicted octanol–water partition coefficient (Wildman–Crippen LogP) is 3.76. The molecule has 2 rings (SSSR count). The van der Waals surface area contributed by atoms with E-state index in [0.717, 1.165) is 6.26 Å². The lowest BCUT2D eigenvalue weighted by Crippen LogP contribution is -2.12. The molecule has 0 aliphatic heterocycles. The number of nitrogens with one attached hydrogen (secondary N) is 1. The molecule has 4 nitrogen and oxygen atoms in total. The van der Waals surface area contributed by atoms with Crippen molar-refractivity contribution in [2.45, 2.75) is 4.90 Å². The van der Waals surface area contributed by atoms with Crippen LogP contribution >= 0.6 is 27.5 Å². The van der Waals surface area contributed by atoms with Crippen LogP contribution in [0.25, 0.3) is 0 Å². The summed E-state index contributed by atoms with van der Waals surface area (Å²) in [7, 11) is -3.25. The van der Waals surface area contributed by atoms with Gasteiger partial charge in [-0.15, -0.1) is 0 Å². The smallest absolute Gasteiger partial charge is 0.257 e. The molecule has 0 aliphatic rings. The summed E-state index contributed by atoms with van der Waals surface area (Å²) in [5, 5.41) is 2.99. The first kappa shape index (κ1) is 16.0. The van der Waals surface area contributed by atoms with E-state index in [1.807, 2.05) is 0 Å². The standard InChI is InChI=1S/C14H11BrClNO3S/c1-21(19,20)10-7-5-9(6-8-10)17-14(18)11-3-2-4-12(15)13(11)16/h2-8H,1H3,(H,17,18). The van der Waals surface area contributed by atoms with Gasteiger partial charge in [-0.05, 0) is 52.3 Å². The van der Waals surface area contributed by atoms with E-state index in [4.69, 9.17) is 11.6 Å². The van der Waals surface area contributed by atoms with Crippen LogP contribution in [0.5, 0.6) is 0 Å². The fraction of sp³-hybridized carbons (Fsp3) is 0.0714. The summed E-state index contributed by atoms with van der Waals surface area (Å²) >= 11 is 9.30. The summed E-state index contributed by atoms with van der Waals surface area (Å²) < 4.78 is 23.3. The molecule has 0 fully saturated rings. The molecule has 0 saturated heterocycles. The van der Waals surface area contributed by atoms with Crippen LogP contribution in [-0.4, -0.2) is 20.6 Å². The van der Waals surface area contributed by atoms with E-state index in [-0.39, 0.29) is 10.8 Å². The van der Waals surface area contributed by atoms with Crippen LogP contribution in [-0.2, 0) is 9.84 Å². The Hall–Kier alpha value is -1.37. The third-order valence-electron chi connectivity index (χ3n) is 2.74. The number of sulfone groups is 1. The van der Waals surface area contributed by atoms with Gasteiger partial charge in [-0.25, -0.2) is 8.42 Å². The molecule has 2 aromatic carbocycles. The first-order valence-electron chi connectivity index (χ1n) is 5.84. The molecule has 110 valence electrons. The lowest BCUT2D eigenvalue weighted by molar-refractivity contribution is 0.102. The first-order chi connectivity index (χ1) is 9.79. The van der Waals surface area contributed by atoms with Gasteiger partial charge in [0.25, 0.3) is 5.91 Å².